The first kappa shape index (κ1) is 14.0. The van der Waals surface area contributed by atoms with Crippen molar-refractivity contribution in [3.63, 3.8) is 0 Å². The predicted octanol–water partition coefficient (Wildman–Crippen LogP) is 1.06. The first-order valence-electron chi connectivity index (χ1n) is 5.41. The van der Waals surface area contributed by atoms with Crippen molar-refractivity contribution in [2.75, 3.05) is 12.4 Å². The average molecular weight is 251 g/mol. The largest absolute Gasteiger partial charge is 0.409 e. The van der Waals surface area contributed by atoms with E-state index in [1.807, 2.05) is 6.92 Å². The maximum absolute atomic E-state index is 11.7. The molecule has 0 heterocycles. The molecular weight excluding hydrogens is 234 g/mol. The minimum atomic E-state index is -0.545. The summed E-state index contributed by atoms with van der Waals surface area (Å²) in [5.41, 5.74) is 7.50. The van der Waals surface area contributed by atoms with Gasteiger partial charge in [-0.25, -0.2) is 0 Å². The molecule has 1 aromatic rings. The van der Waals surface area contributed by atoms with Crippen LogP contribution in [0.5, 0.6) is 0 Å². The van der Waals surface area contributed by atoms with Gasteiger partial charge in [-0.1, -0.05) is 17.3 Å². The molecule has 1 rings (SSSR count). The minimum Gasteiger partial charge on any atom is -0.409 e. The van der Waals surface area contributed by atoms with E-state index in [2.05, 4.69) is 10.5 Å². The van der Waals surface area contributed by atoms with Crippen LogP contribution in [0.15, 0.2) is 23.4 Å². The molecule has 0 saturated carbocycles. The third-order valence-electron chi connectivity index (χ3n) is 2.62. The van der Waals surface area contributed by atoms with Crippen LogP contribution in [0.1, 0.15) is 18.1 Å². The second kappa shape index (κ2) is 6.02. The molecule has 0 aliphatic heterocycles. The fraction of sp³-hybridized carbons (Fsp3) is 0.333. The molecule has 0 saturated heterocycles. The highest BCUT2D eigenvalue weighted by molar-refractivity contribution is 6.00. The lowest BCUT2D eigenvalue weighted by molar-refractivity contribution is -0.124. The van der Waals surface area contributed by atoms with Gasteiger partial charge in [0.15, 0.2) is 5.84 Å². The van der Waals surface area contributed by atoms with E-state index in [-0.39, 0.29) is 11.7 Å². The summed E-state index contributed by atoms with van der Waals surface area (Å²) in [7, 11) is 1.46. The number of nitrogens with one attached hydrogen (secondary N) is 1. The second-order valence-electron chi connectivity index (χ2n) is 3.88. The van der Waals surface area contributed by atoms with Gasteiger partial charge in [-0.05, 0) is 25.5 Å². The summed E-state index contributed by atoms with van der Waals surface area (Å²) in [5, 5.41) is 14.3. The zero-order valence-electron chi connectivity index (χ0n) is 10.6. The number of amides is 1. The molecule has 0 aromatic heterocycles. The molecule has 0 aliphatic rings. The number of aryl methyl sites for hydroxylation is 1. The van der Waals surface area contributed by atoms with Gasteiger partial charge >= 0.3 is 0 Å². The standard InChI is InChI=1S/C12H17N3O3/c1-7-4-5-9(11(13)15-17)6-10(7)14-12(16)8(2)18-3/h4-6,8,17H,1-3H3,(H2,13,15)(H,14,16). The average Bonchev–Trinajstić information content (AvgIpc) is 2.39. The fourth-order valence-electron chi connectivity index (χ4n) is 1.32. The van der Waals surface area contributed by atoms with E-state index in [1.165, 1.54) is 7.11 Å². The molecule has 0 radical (unpaired) electrons. The number of ether oxygens (including phenoxy) is 1. The van der Waals surface area contributed by atoms with Crippen LogP contribution >= 0.6 is 0 Å². The van der Waals surface area contributed by atoms with Crippen molar-refractivity contribution in [3.05, 3.63) is 29.3 Å². The minimum absolute atomic E-state index is 0.00899. The first-order chi connectivity index (χ1) is 8.49. The van der Waals surface area contributed by atoms with E-state index in [0.29, 0.717) is 11.3 Å². The van der Waals surface area contributed by atoms with E-state index < -0.39 is 6.10 Å². The van der Waals surface area contributed by atoms with Crippen LogP contribution in [0.3, 0.4) is 0 Å². The molecule has 0 spiro atoms. The molecule has 98 valence electrons. The maximum atomic E-state index is 11.7. The van der Waals surface area contributed by atoms with Gasteiger partial charge in [-0.2, -0.15) is 0 Å². The van der Waals surface area contributed by atoms with Gasteiger partial charge in [0.1, 0.15) is 6.10 Å². The predicted molar refractivity (Wildman–Crippen MR) is 68.8 cm³/mol. The molecule has 6 heteroatoms. The Kier molecular flexibility index (Phi) is 4.67. The van der Waals surface area contributed by atoms with Gasteiger partial charge in [0.2, 0.25) is 0 Å². The number of nitrogens with zero attached hydrogens (tertiary/aromatic N) is 1. The number of carbonyl (C=O) groups is 1. The monoisotopic (exact) mass is 251 g/mol. The maximum Gasteiger partial charge on any atom is 0.253 e. The lowest BCUT2D eigenvalue weighted by Gasteiger charge is -2.13. The molecule has 0 fully saturated rings. The number of rotatable bonds is 4. The summed E-state index contributed by atoms with van der Waals surface area (Å²) in [6.07, 6.45) is -0.545. The Morgan fingerprint density at radius 3 is 2.78 bits per heavy atom. The molecule has 4 N–H and O–H groups in total. The van der Waals surface area contributed by atoms with Crippen LogP contribution in [0, 0.1) is 6.92 Å². The first-order valence-corrected chi connectivity index (χ1v) is 5.41. The molecule has 18 heavy (non-hydrogen) atoms. The van der Waals surface area contributed by atoms with Crippen LogP contribution in [0.4, 0.5) is 5.69 Å². The number of amidine groups is 1. The van der Waals surface area contributed by atoms with Crippen LogP contribution in [0.2, 0.25) is 0 Å². The quantitative estimate of drug-likeness (QED) is 0.322. The number of carbonyl (C=O) groups excluding carboxylic acids is 1. The van der Waals surface area contributed by atoms with Gasteiger partial charge < -0.3 is 21.0 Å². The third-order valence-corrected chi connectivity index (χ3v) is 2.62. The third kappa shape index (κ3) is 3.21. The summed E-state index contributed by atoms with van der Waals surface area (Å²) in [5.74, 6) is -0.262. The van der Waals surface area contributed by atoms with Gasteiger partial charge in [-0.3, -0.25) is 4.79 Å². The van der Waals surface area contributed by atoms with Crippen molar-refractivity contribution in [3.8, 4) is 0 Å². The highest BCUT2D eigenvalue weighted by atomic mass is 16.5. The van der Waals surface area contributed by atoms with Crippen molar-refractivity contribution in [1.82, 2.24) is 0 Å². The Labute approximate surface area is 105 Å². The lowest BCUT2D eigenvalue weighted by Crippen LogP contribution is -2.27. The SMILES string of the molecule is COC(C)C(=O)Nc1cc(/C(N)=N/O)ccc1C. The zero-order chi connectivity index (χ0) is 13.7. The summed E-state index contributed by atoms with van der Waals surface area (Å²) >= 11 is 0. The lowest BCUT2D eigenvalue weighted by atomic mass is 10.1. The fourth-order valence-corrected chi connectivity index (χ4v) is 1.32. The highest BCUT2D eigenvalue weighted by Crippen LogP contribution is 2.17. The van der Waals surface area contributed by atoms with Crippen molar-refractivity contribution in [2.45, 2.75) is 20.0 Å². The van der Waals surface area contributed by atoms with Gasteiger partial charge in [0.05, 0.1) is 0 Å². The summed E-state index contributed by atoms with van der Waals surface area (Å²) in [6, 6.07) is 5.13. The van der Waals surface area contributed by atoms with Crippen molar-refractivity contribution in [1.29, 1.82) is 0 Å². The number of anilines is 1. The number of benzene rings is 1. The Morgan fingerprint density at radius 1 is 1.56 bits per heavy atom. The number of nitrogens with two attached hydrogens (primary N) is 1. The summed E-state index contributed by atoms with van der Waals surface area (Å²) in [4.78, 5) is 11.7. The van der Waals surface area contributed by atoms with E-state index >= 15 is 0 Å². The smallest absolute Gasteiger partial charge is 0.253 e. The van der Waals surface area contributed by atoms with E-state index in [1.54, 1.807) is 25.1 Å². The van der Waals surface area contributed by atoms with Crippen molar-refractivity contribution < 1.29 is 14.7 Å². The molecule has 1 atom stereocenters. The van der Waals surface area contributed by atoms with Crippen molar-refractivity contribution in [2.24, 2.45) is 10.9 Å². The van der Waals surface area contributed by atoms with Crippen LogP contribution in [-0.4, -0.2) is 30.2 Å². The number of hydrogen-bond acceptors (Lipinski definition) is 4. The van der Waals surface area contributed by atoms with Crippen LogP contribution < -0.4 is 11.1 Å². The van der Waals surface area contributed by atoms with Crippen LogP contribution in [-0.2, 0) is 9.53 Å². The molecule has 6 nitrogen and oxygen atoms in total. The van der Waals surface area contributed by atoms with Gasteiger partial charge in [0, 0.05) is 18.4 Å². The molecule has 0 aliphatic carbocycles. The van der Waals surface area contributed by atoms with Crippen LogP contribution in [0.25, 0.3) is 0 Å². The molecule has 0 bridgehead atoms. The summed E-state index contributed by atoms with van der Waals surface area (Å²) < 4.78 is 4.92. The second-order valence-corrected chi connectivity index (χ2v) is 3.88. The van der Waals surface area contributed by atoms with Gasteiger partial charge in [-0.15, -0.1) is 0 Å². The Hall–Kier alpha value is -2.08. The summed E-state index contributed by atoms with van der Waals surface area (Å²) in [6.45, 7) is 3.50. The number of oxime groups is 1. The molecule has 1 unspecified atom stereocenters. The van der Waals surface area contributed by atoms with Crippen molar-refractivity contribution >= 4 is 17.4 Å². The number of hydrogen-bond donors (Lipinski definition) is 3. The Morgan fingerprint density at radius 2 is 2.22 bits per heavy atom. The van der Waals surface area contributed by atoms with E-state index in [4.69, 9.17) is 15.7 Å². The Balaban J connectivity index is 2.98. The number of methoxy groups -OCH3 is 1. The van der Waals surface area contributed by atoms with E-state index in [0.717, 1.165) is 5.56 Å². The normalized spacial score (nSPS) is 13.2. The van der Waals surface area contributed by atoms with Gasteiger partial charge in [0.25, 0.3) is 5.91 Å². The molecule has 1 aromatic carbocycles. The van der Waals surface area contributed by atoms with E-state index in [9.17, 15) is 4.79 Å². The molecule has 1 amide bonds. The highest BCUT2D eigenvalue weighted by Gasteiger charge is 2.13. The molecular formula is C12H17N3O3. The zero-order valence-corrected chi connectivity index (χ0v) is 10.6. The Bertz CT molecular complexity index is 472. The topological polar surface area (TPSA) is 96.9 Å².